The number of benzene rings is 1. The highest BCUT2D eigenvalue weighted by Crippen LogP contribution is 2.25. The normalized spacial score (nSPS) is 11.3. The van der Waals surface area contributed by atoms with Crippen LogP contribution in [0.3, 0.4) is 0 Å². The summed E-state index contributed by atoms with van der Waals surface area (Å²) in [5.74, 6) is -0.401. The van der Waals surface area contributed by atoms with Crippen LogP contribution in [-0.2, 0) is 11.3 Å². The average Bonchev–Trinajstić information content (AvgIpc) is 2.40. The summed E-state index contributed by atoms with van der Waals surface area (Å²) in [5, 5.41) is 2.77. The van der Waals surface area contributed by atoms with Crippen LogP contribution in [0.15, 0.2) is 24.3 Å². The van der Waals surface area contributed by atoms with Gasteiger partial charge < -0.3 is 11.1 Å². The Morgan fingerprint density at radius 2 is 1.94 bits per heavy atom. The molecule has 1 rings (SSSR count). The van der Waals surface area contributed by atoms with Gasteiger partial charge in [-0.3, -0.25) is 4.79 Å². The summed E-state index contributed by atoms with van der Waals surface area (Å²) in [6.07, 6.45) is 1.37. The lowest BCUT2D eigenvalue weighted by Gasteiger charge is -2.28. The van der Waals surface area contributed by atoms with Gasteiger partial charge in [0.15, 0.2) is 0 Å². The Labute approximate surface area is 108 Å². The van der Waals surface area contributed by atoms with Gasteiger partial charge >= 0.3 is 0 Å². The van der Waals surface area contributed by atoms with E-state index < -0.39 is 5.41 Å². The summed E-state index contributed by atoms with van der Waals surface area (Å²) >= 11 is 0. The fourth-order valence-electron chi connectivity index (χ4n) is 1.96. The molecule has 3 N–H and O–H groups in total. The molecule has 0 bridgehead atoms. The van der Waals surface area contributed by atoms with Crippen LogP contribution in [0, 0.1) is 11.2 Å². The molecule has 4 heteroatoms. The van der Waals surface area contributed by atoms with E-state index in [9.17, 15) is 9.18 Å². The van der Waals surface area contributed by atoms with Crippen molar-refractivity contribution in [1.29, 1.82) is 0 Å². The summed E-state index contributed by atoms with van der Waals surface area (Å²) in [6.45, 7) is 4.40. The Balaban J connectivity index is 2.69. The molecule has 0 saturated carbocycles. The lowest BCUT2D eigenvalue weighted by atomic mass is 9.81. The van der Waals surface area contributed by atoms with E-state index in [1.54, 1.807) is 18.2 Å². The van der Waals surface area contributed by atoms with Crippen LogP contribution in [0.2, 0.25) is 0 Å². The molecule has 0 unspecified atom stereocenters. The van der Waals surface area contributed by atoms with Crippen LogP contribution in [-0.4, -0.2) is 12.5 Å². The van der Waals surface area contributed by atoms with Gasteiger partial charge in [-0.05, 0) is 18.9 Å². The Kier molecular flexibility index (Phi) is 5.28. The monoisotopic (exact) mass is 252 g/mol. The van der Waals surface area contributed by atoms with E-state index in [2.05, 4.69) is 5.32 Å². The fourth-order valence-corrected chi connectivity index (χ4v) is 1.96. The first-order valence-electron chi connectivity index (χ1n) is 6.31. The SMILES string of the molecule is CCC(CC)(CN)C(=O)NCc1ccccc1F. The molecule has 1 amide bonds. The van der Waals surface area contributed by atoms with Gasteiger partial charge in [0.1, 0.15) is 5.82 Å². The fraction of sp³-hybridized carbons (Fsp3) is 0.500. The molecule has 18 heavy (non-hydrogen) atoms. The van der Waals surface area contributed by atoms with Crippen molar-refractivity contribution < 1.29 is 9.18 Å². The van der Waals surface area contributed by atoms with Crippen molar-refractivity contribution in [1.82, 2.24) is 5.32 Å². The van der Waals surface area contributed by atoms with Crippen molar-refractivity contribution in [2.75, 3.05) is 6.54 Å². The standard InChI is InChI=1S/C14H21FN2O/c1-3-14(4-2,10-16)13(18)17-9-11-7-5-6-8-12(11)15/h5-8H,3-4,9-10,16H2,1-2H3,(H,17,18). The number of hydrogen-bond donors (Lipinski definition) is 2. The zero-order chi connectivity index (χ0) is 13.6. The van der Waals surface area contributed by atoms with Crippen molar-refractivity contribution >= 4 is 5.91 Å². The van der Waals surface area contributed by atoms with E-state index in [1.807, 2.05) is 13.8 Å². The molecular weight excluding hydrogens is 231 g/mol. The lowest BCUT2D eigenvalue weighted by Crippen LogP contribution is -2.45. The van der Waals surface area contributed by atoms with Crippen LogP contribution < -0.4 is 11.1 Å². The molecule has 0 fully saturated rings. The van der Waals surface area contributed by atoms with Gasteiger partial charge in [-0.2, -0.15) is 0 Å². The molecule has 0 aliphatic rings. The van der Waals surface area contributed by atoms with Crippen LogP contribution in [0.25, 0.3) is 0 Å². The predicted molar refractivity (Wildman–Crippen MR) is 70.3 cm³/mol. The topological polar surface area (TPSA) is 55.1 Å². The number of halogens is 1. The van der Waals surface area contributed by atoms with Crippen LogP contribution in [0.1, 0.15) is 32.3 Å². The molecule has 0 radical (unpaired) electrons. The predicted octanol–water partition coefficient (Wildman–Crippen LogP) is 2.21. The van der Waals surface area contributed by atoms with Crippen molar-refractivity contribution in [3.8, 4) is 0 Å². The van der Waals surface area contributed by atoms with Gasteiger partial charge in [-0.1, -0.05) is 32.0 Å². The molecule has 0 heterocycles. The first kappa shape index (κ1) is 14.6. The highest BCUT2D eigenvalue weighted by molar-refractivity contribution is 5.82. The highest BCUT2D eigenvalue weighted by atomic mass is 19.1. The zero-order valence-corrected chi connectivity index (χ0v) is 11.0. The summed E-state index contributed by atoms with van der Waals surface area (Å²) in [6, 6.07) is 6.43. The first-order chi connectivity index (χ1) is 8.59. The smallest absolute Gasteiger partial charge is 0.227 e. The van der Waals surface area contributed by atoms with Crippen LogP contribution in [0.4, 0.5) is 4.39 Å². The van der Waals surface area contributed by atoms with Crippen LogP contribution in [0.5, 0.6) is 0 Å². The quantitative estimate of drug-likeness (QED) is 0.815. The molecule has 0 atom stereocenters. The third-order valence-electron chi connectivity index (χ3n) is 3.62. The van der Waals surface area contributed by atoms with E-state index in [4.69, 9.17) is 5.73 Å². The number of amides is 1. The first-order valence-corrected chi connectivity index (χ1v) is 6.31. The lowest BCUT2D eigenvalue weighted by molar-refractivity contribution is -0.131. The number of carbonyl (C=O) groups is 1. The Morgan fingerprint density at radius 1 is 1.33 bits per heavy atom. The maximum Gasteiger partial charge on any atom is 0.227 e. The maximum atomic E-state index is 13.4. The molecule has 3 nitrogen and oxygen atoms in total. The summed E-state index contributed by atoms with van der Waals surface area (Å²) in [4.78, 5) is 12.1. The number of rotatable bonds is 6. The molecule has 100 valence electrons. The summed E-state index contributed by atoms with van der Waals surface area (Å²) in [7, 11) is 0. The largest absolute Gasteiger partial charge is 0.351 e. The molecule has 0 saturated heterocycles. The molecule has 0 spiro atoms. The van der Waals surface area contributed by atoms with E-state index in [0.29, 0.717) is 24.9 Å². The van der Waals surface area contributed by atoms with Gasteiger partial charge in [-0.25, -0.2) is 4.39 Å². The average molecular weight is 252 g/mol. The third-order valence-corrected chi connectivity index (χ3v) is 3.62. The second-order valence-electron chi connectivity index (χ2n) is 4.47. The van der Waals surface area contributed by atoms with Crippen LogP contribution >= 0.6 is 0 Å². The molecule has 0 aliphatic carbocycles. The second-order valence-corrected chi connectivity index (χ2v) is 4.47. The summed E-state index contributed by atoms with van der Waals surface area (Å²) in [5.41, 5.74) is 5.65. The van der Waals surface area contributed by atoms with E-state index in [0.717, 1.165) is 0 Å². The Hall–Kier alpha value is -1.42. The number of nitrogens with two attached hydrogens (primary N) is 1. The number of carbonyl (C=O) groups excluding carboxylic acids is 1. The third kappa shape index (κ3) is 3.07. The minimum atomic E-state index is -0.536. The minimum Gasteiger partial charge on any atom is -0.351 e. The van der Waals surface area contributed by atoms with Gasteiger partial charge in [0.25, 0.3) is 0 Å². The highest BCUT2D eigenvalue weighted by Gasteiger charge is 2.32. The molecule has 1 aromatic carbocycles. The molecule has 0 aromatic heterocycles. The van der Waals surface area contributed by atoms with Gasteiger partial charge in [-0.15, -0.1) is 0 Å². The maximum absolute atomic E-state index is 13.4. The van der Waals surface area contributed by atoms with Gasteiger partial charge in [0.2, 0.25) is 5.91 Å². The summed E-state index contributed by atoms with van der Waals surface area (Å²) < 4.78 is 13.4. The van der Waals surface area contributed by atoms with Gasteiger partial charge in [0, 0.05) is 18.7 Å². The van der Waals surface area contributed by atoms with Crippen molar-refractivity contribution in [3.63, 3.8) is 0 Å². The number of hydrogen-bond acceptors (Lipinski definition) is 2. The van der Waals surface area contributed by atoms with Crippen molar-refractivity contribution in [3.05, 3.63) is 35.6 Å². The van der Waals surface area contributed by atoms with E-state index in [1.165, 1.54) is 6.07 Å². The Morgan fingerprint density at radius 3 is 2.44 bits per heavy atom. The number of nitrogens with one attached hydrogen (secondary N) is 1. The second kappa shape index (κ2) is 6.50. The van der Waals surface area contributed by atoms with E-state index >= 15 is 0 Å². The Bertz CT molecular complexity index is 394. The van der Waals surface area contributed by atoms with E-state index in [-0.39, 0.29) is 18.3 Å². The van der Waals surface area contributed by atoms with Crippen molar-refractivity contribution in [2.45, 2.75) is 33.2 Å². The minimum absolute atomic E-state index is 0.0988. The van der Waals surface area contributed by atoms with Gasteiger partial charge in [0.05, 0.1) is 5.41 Å². The molecule has 1 aromatic rings. The molecular formula is C14H21FN2O. The van der Waals surface area contributed by atoms with Crippen molar-refractivity contribution in [2.24, 2.45) is 11.1 Å². The zero-order valence-electron chi connectivity index (χ0n) is 11.0. The molecule has 0 aliphatic heterocycles.